The van der Waals surface area contributed by atoms with Gasteiger partial charge in [0.05, 0.1) is 11.5 Å². The van der Waals surface area contributed by atoms with E-state index < -0.39 is 11.9 Å². The van der Waals surface area contributed by atoms with Crippen LogP contribution in [-0.2, 0) is 20.4 Å². The second-order valence-corrected chi connectivity index (χ2v) is 20.0. The molecule has 0 spiro atoms. The van der Waals surface area contributed by atoms with Crippen molar-refractivity contribution in [1.29, 1.82) is 0 Å². The lowest BCUT2D eigenvalue weighted by Crippen LogP contribution is -2.37. The molecular weight excluding hydrogens is 845 g/mol. The van der Waals surface area contributed by atoms with Gasteiger partial charge >= 0.3 is 11.9 Å². The topological polar surface area (TPSA) is 146 Å². The Balaban J connectivity index is 0.924. The number of likely N-dealkylation sites (N-methyl/N-ethyl adjacent to an activating group) is 3. The number of amides is 2. The van der Waals surface area contributed by atoms with Crippen LogP contribution in [0.5, 0.6) is 0 Å². The van der Waals surface area contributed by atoms with E-state index in [4.69, 9.17) is 10.2 Å². The SMILES string of the molecule is CN(CC(=O)O)c1ccc(/C=C/C2=[N+](C)c3ccc(C(=O)NCCSSCCNC(=O)c4ccc5c(c4)C(C)(C)C(/C=C/c4ccc(N(C)CC(=O)O)cc4)N5C)cc3C2(C)C)cc1. The summed E-state index contributed by atoms with van der Waals surface area (Å²) in [4.78, 5) is 54.3. The number of carboxylic acid groups (broad SMARTS) is 2. The van der Waals surface area contributed by atoms with Crippen molar-refractivity contribution in [2.24, 2.45) is 0 Å². The van der Waals surface area contributed by atoms with E-state index in [0.717, 1.165) is 62.2 Å². The number of allylic oxidation sites excluding steroid dienone is 1. The molecule has 0 saturated carbocycles. The number of benzene rings is 4. The fraction of sp³-hybridized carbons (Fsp3) is 0.340. The van der Waals surface area contributed by atoms with E-state index in [1.54, 1.807) is 45.5 Å². The first kappa shape index (κ1) is 47.5. The summed E-state index contributed by atoms with van der Waals surface area (Å²) in [5.41, 5.74) is 9.80. The van der Waals surface area contributed by atoms with E-state index >= 15 is 0 Å². The van der Waals surface area contributed by atoms with Crippen LogP contribution in [0.1, 0.15) is 70.7 Å². The standard InChI is InChI=1S/C50H58N6O6S2/c1-49(2)39-29-35(15-21-41(39)55(7)43(49)23-13-33-9-17-37(18-10-33)53(5)31-45(57)58)47(61)51-25-27-63-64-28-26-52-48(62)36-16-22-42-40(30-36)50(3,4)44(56(42)8)24-14-34-11-19-38(20-12-34)54(6)32-46(59)60/h9-24,29-30,43H,25-28,31-32H2,1-8H3,(H3-,51,52,57,58,59,60,61,62)/p+1/b23-13+. The van der Waals surface area contributed by atoms with Crippen LogP contribution in [0, 0.1) is 0 Å². The average molecular weight is 904 g/mol. The Labute approximate surface area is 384 Å². The summed E-state index contributed by atoms with van der Waals surface area (Å²) in [6, 6.07) is 27.4. The van der Waals surface area contributed by atoms with Crippen LogP contribution in [0.4, 0.5) is 22.7 Å². The predicted octanol–water partition coefficient (Wildman–Crippen LogP) is 7.80. The Morgan fingerprint density at radius 2 is 1.19 bits per heavy atom. The highest BCUT2D eigenvalue weighted by molar-refractivity contribution is 8.76. The first-order valence-corrected chi connectivity index (χ1v) is 23.7. The lowest BCUT2D eigenvalue weighted by Gasteiger charge is -2.29. The molecule has 0 fully saturated rings. The summed E-state index contributed by atoms with van der Waals surface area (Å²) < 4.78 is 2.16. The van der Waals surface area contributed by atoms with E-state index in [9.17, 15) is 19.2 Å². The quantitative estimate of drug-likeness (QED) is 0.0416. The molecule has 0 aliphatic carbocycles. The molecule has 12 nitrogen and oxygen atoms in total. The van der Waals surface area contributed by atoms with Crippen molar-refractivity contribution in [3.05, 3.63) is 130 Å². The van der Waals surface area contributed by atoms with Crippen molar-refractivity contribution < 1.29 is 34.0 Å². The van der Waals surface area contributed by atoms with Gasteiger partial charge in [-0.2, -0.15) is 4.58 Å². The monoisotopic (exact) mass is 903 g/mol. The number of carbonyl (C=O) groups excluding carboxylic acids is 2. The van der Waals surface area contributed by atoms with Crippen LogP contribution in [-0.4, -0.2) is 116 Å². The highest BCUT2D eigenvalue weighted by Crippen LogP contribution is 2.45. The van der Waals surface area contributed by atoms with Crippen LogP contribution >= 0.6 is 21.6 Å². The summed E-state index contributed by atoms with van der Waals surface area (Å²) in [6.45, 7) is 9.62. The molecule has 2 aliphatic heterocycles. The number of anilines is 3. The normalized spacial score (nSPS) is 15.9. The molecule has 0 bridgehead atoms. The molecule has 64 heavy (non-hydrogen) atoms. The molecule has 14 heteroatoms. The fourth-order valence-electron chi connectivity index (χ4n) is 8.52. The third-order valence-corrected chi connectivity index (χ3v) is 14.5. The summed E-state index contributed by atoms with van der Waals surface area (Å²) in [6.07, 6.45) is 8.44. The second-order valence-electron chi connectivity index (χ2n) is 17.3. The Kier molecular flexibility index (Phi) is 15.0. The minimum atomic E-state index is -0.877. The summed E-state index contributed by atoms with van der Waals surface area (Å²) in [5, 5.41) is 24.3. The number of aliphatic carboxylic acids is 2. The molecule has 2 amide bonds. The maximum atomic E-state index is 13.2. The Bertz CT molecular complexity index is 2450. The van der Waals surface area contributed by atoms with Crippen molar-refractivity contribution in [3.63, 3.8) is 0 Å². The molecule has 0 saturated heterocycles. The maximum Gasteiger partial charge on any atom is 0.323 e. The van der Waals surface area contributed by atoms with Gasteiger partial charge in [0.25, 0.3) is 11.8 Å². The largest absolute Gasteiger partial charge is 0.480 e. The number of rotatable bonds is 19. The lowest BCUT2D eigenvalue weighted by atomic mass is 9.79. The fourth-order valence-corrected chi connectivity index (χ4v) is 10.3. The van der Waals surface area contributed by atoms with Crippen molar-refractivity contribution in [2.45, 2.75) is 44.6 Å². The zero-order valence-electron chi connectivity index (χ0n) is 37.8. The van der Waals surface area contributed by atoms with Crippen LogP contribution in [0.2, 0.25) is 0 Å². The second kappa shape index (κ2) is 20.2. The maximum absolute atomic E-state index is 13.2. The van der Waals surface area contributed by atoms with Crippen LogP contribution < -0.4 is 25.3 Å². The highest BCUT2D eigenvalue weighted by atomic mass is 33.1. The van der Waals surface area contributed by atoms with Gasteiger partial charge in [-0.15, -0.1) is 0 Å². The van der Waals surface area contributed by atoms with Crippen LogP contribution in [0.3, 0.4) is 0 Å². The molecular formula is C50H59N6O6S2+. The number of fused-ring (bicyclic) bond motifs is 2. The van der Waals surface area contributed by atoms with Crippen molar-refractivity contribution in [3.8, 4) is 0 Å². The number of carbonyl (C=O) groups is 4. The number of carboxylic acids is 2. The van der Waals surface area contributed by atoms with E-state index in [-0.39, 0.29) is 41.8 Å². The summed E-state index contributed by atoms with van der Waals surface area (Å²) >= 11 is 0. The molecule has 336 valence electrons. The molecule has 4 aromatic carbocycles. The minimum absolute atomic E-state index is 0.0638. The van der Waals surface area contributed by atoms with Crippen LogP contribution in [0.25, 0.3) is 12.2 Å². The van der Waals surface area contributed by atoms with Crippen molar-refractivity contribution in [1.82, 2.24) is 10.6 Å². The molecule has 2 aliphatic rings. The van der Waals surface area contributed by atoms with E-state index in [1.165, 1.54) is 0 Å². The zero-order valence-corrected chi connectivity index (χ0v) is 39.5. The summed E-state index contributed by atoms with van der Waals surface area (Å²) in [5.74, 6) is -0.522. The van der Waals surface area contributed by atoms with E-state index in [0.29, 0.717) is 24.2 Å². The predicted molar refractivity (Wildman–Crippen MR) is 264 cm³/mol. The molecule has 0 radical (unpaired) electrons. The number of hydrogen-bond acceptors (Lipinski definition) is 9. The van der Waals surface area contributed by atoms with Gasteiger partial charge in [0.15, 0.2) is 5.71 Å². The zero-order chi connectivity index (χ0) is 46.3. The smallest absolute Gasteiger partial charge is 0.323 e. The van der Waals surface area contributed by atoms with Gasteiger partial charge in [-0.05, 0) is 91.2 Å². The number of nitrogens with one attached hydrogen (secondary N) is 2. The van der Waals surface area contributed by atoms with E-state index in [2.05, 4.69) is 79.2 Å². The first-order chi connectivity index (χ1) is 30.4. The Morgan fingerprint density at radius 3 is 1.70 bits per heavy atom. The Morgan fingerprint density at radius 1 is 0.703 bits per heavy atom. The van der Waals surface area contributed by atoms with Gasteiger partial charge in [-0.3, -0.25) is 19.2 Å². The molecule has 2 heterocycles. The van der Waals surface area contributed by atoms with Crippen molar-refractivity contribution in [2.75, 3.05) is 80.6 Å². The van der Waals surface area contributed by atoms with Gasteiger partial charge in [-0.1, -0.05) is 71.9 Å². The van der Waals surface area contributed by atoms with Gasteiger partial charge in [-0.25, -0.2) is 0 Å². The third-order valence-electron chi connectivity index (χ3n) is 12.1. The molecule has 1 unspecified atom stereocenters. The summed E-state index contributed by atoms with van der Waals surface area (Å²) in [7, 11) is 11.0. The lowest BCUT2D eigenvalue weighted by molar-refractivity contribution is -0.401. The highest BCUT2D eigenvalue weighted by Gasteiger charge is 2.44. The van der Waals surface area contributed by atoms with Crippen molar-refractivity contribution >= 4 is 86.0 Å². The minimum Gasteiger partial charge on any atom is -0.480 e. The van der Waals surface area contributed by atoms with Gasteiger partial charge in [0.1, 0.15) is 20.1 Å². The third kappa shape index (κ3) is 10.8. The first-order valence-electron chi connectivity index (χ1n) is 21.2. The molecule has 6 rings (SSSR count). The Hall–Kier alpha value is -5.99. The average Bonchev–Trinajstić information content (AvgIpc) is 3.57. The molecule has 1 atom stereocenters. The van der Waals surface area contributed by atoms with Gasteiger partial charge in [0.2, 0.25) is 5.69 Å². The number of nitrogens with zero attached hydrogens (tertiary/aromatic N) is 4. The molecule has 4 N–H and O–H groups in total. The molecule has 0 aromatic heterocycles. The van der Waals surface area contributed by atoms with Gasteiger partial charge < -0.3 is 35.5 Å². The van der Waals surface area contributed by atoms with Gasteiger partial charge in [0, 0.05) is 97.0 Å². The molecule has 4 aromatic rings. The number of hydrogen-bond donors (Lipinski definition) is 4. The van der Waals surface area contributed by atoms with E-state index in [1.807, 2.05) is 92.0 Å². The van der Waals surface area contributed by atoms with Crippen LogP contribution in [0.15, 0.2) is 97.1 Å².